The van der Waals surface area contributed by atoms with Crippen molar-refractivity contribution in [2.24, 2.45) is 0 Å². The normalized spacial score (nSPS) is 16.7. The minimum absolute atomic E-state index is 0.0238. The van der Waals surface area contributed by atoms with Crippen LogP contribution >= 0.6 is 0 Å². The number of phenolic OH excluding ortho intramolecular Hbond substituents is 1. The summed E-state index contributed by atoms with van der Waals surface area (Å²) in [5.41, 5.74) is -0.554. The number of cyclic esters (lactones) is 1. The molecule has 7 heteroatoms. The Balaban J connectivity index is 2.59. The van der Waals surface area contributed by atoms with Crippen molar-refractivity contribution >= 4 is 11.7 Å². The Labute approximate surface area is 95.7 Å². The first-order chi connectivity index (χ1) is 7.80. The number of rotatable bonds is 1. The van der Waals surface area contributed by atoms with Gasteiger partial charge in [-0.05, 0) is 0 Å². The maximum atomic E-state index is 11.6. The number of ether oxygens (including phenoxy) is 2. The fraction of sp³-hybridized carbons (Fsp3) is 0.300. The standard InChI is InChI=1S/C10H9NO6/c1-10(2)16-8-4-6(11(14)15)7(12)3-5(8)9(13)17-10/h3-4,12H,1-2H3. The molecule has 1 aromatic carbocycles. The van der Waals surface area contributed by atoms with Gasteiger partial charge in [-0.25, -0.2) is 4.79 Å². The molecule has 0 spiro atoms. The molecule has 1 N–H and O–H groups in total. The van der Waals surface area contributed by atoms with Crippen molar-refractivity contribution in [2.75, 3.05) is 0 Å². The second-order valence-corrected chi connectivity index (χ2v) is 3.99. The summed E-state index contributed by atoms with van der Waals surface area (Å²) in [7, 11) is 0. The van der Waals surface area contributed by atoms with E-state index in [2.05, 4.69) is 0 Å². The minimum Gasteiger partial charge on any atom is -0.502 e. The molecule has 1 aliphatic rings. The van der Waals surface area contributed by atoms with E-state index in [1.165, 1.54) is 13.8 Å². The van der Waals surface area contributed by atoms with Gasteiger partial charge in [0, 0.05) is 19.9 Å². The molecule has 17 heavy (non-hydrogen) atoms. The van der Waals surface area contributed by atoms with Gasteiger partial charge in [0.25, 0.3) is 0 Å². The molecule has 0 atom stereocenters. The first-order valence-corrected chi connectivity index (χ1v) is 4.74. The number of benzene rings is 1. The minimum atomic E-state index is -1.19. The van der Waals surface area contributed by atoms with Gasteiger partial charge in [-0.15, -0.1) is 0 Å². The monoisotopic (exact) mass is 239 g/mol. The van der Waals surface area contributed by atoms with Crippen molar-refractivity contribution in [1.82, 2.24) is 0 Å². The summed E-state index contributed by atoms with van der Waals surface area (Å²) in [6, 6.07) is 1.97. The average Bonchev–Trinajstić information content (AvgIpc) is 2.17. The van der Waals surface area contributed by atoms with E-state index in [9.17, 15) is 20.0 Å². The molecule has 0 fully saturated rings. The number of nitro groups is 1. The number of nitro benzene ring substituents is 1. The number of hydrogen-bond donors (Lipinski definition) is 1. The number of carbonyl (C=O) groups excluding carboxylic acids is 1. The number of esters is 1. The summed E-state index contributed by atoms with van der Waals surface area (Å²) >= 11 is 0. The van der Waals surface area contributed by atoms with Crippen LogP contribution in [-0.4, -0.2) is 21.8 Å². The van der Waals surface area contributed by atoms with Crippen LogP contribution < -0.4 is 4.74 Å². The highest BCUT2D eigenvalue weighted by Gasteiger charge is 2.36. The van der Waals surface area contributed by atoms with E-state index in [0.717, 1.165) is 12.1 Å². The number of hydrogen-bond acceptors (Lipinski definition) is 6. The van der Waals surface area contributed by atoms with Crippen LogP contribution in [-0.2, 0) is 4.74 Å². The molecule has 0 aromatic heterocycles. The zero-order valence-electron chi connectivity index (χ0n) is 9.09. The van der Waals surface area contributed by atoms with Gasteiger partial charge < -0.3 is 14.6 Å². The molecular formula is C10H9NO6. The van der Waals surface area contributed by atoms with Crippen LogP contribution in [0, 0.1) is 10.1 Å². The summed E-state index contributed by atoms with van der Waals surface area (Å²) in [4.78, 5) is 21.4. The zero-order valence-corrected chi connectivity index (χ0v) is 9.09. The van der Waals surface area contributed by atoms with Crippen LogP contribution in [0.25, 0.3) is 0 Å². The van der Waals surface area contributed by atoms with Gasteiger partial charge in [0.15, 0.2) is 5.75 Å². The third-order valence-corrected chi connectivity index (χ3v) is 2.19. The lowest BCUT2D eigenvalue weighted by Gasteiger charge is -2.31. The molecule has 0 saturated carbocycles. The Morgan fingerprint density at radius 1 is 1.35 bits per heavy atom. The highest BCUT2D eigenvalue weighted by molar-refractivity contribution is 5.94. The Morgan fingerprint density at radius 3 is 2.59 bits per heavy atom. The second-order valence-electron chi connectivity index (χ2n) is 3.99. The Kier molecular flexibility index (Phi) is 2.20. The molecule has 0 aliphatic carbocycles. The van der Waals surface area contributed by atoms with E-state index in [0.29, 0.717) is 0 Å². The van der Waals surface area contributed by atoms with Crippen LogP contribution in [0.3, 0.4) is 0 Å². The van der Waals surface area contributed by atoms with Crippen LogP contribution in [0.5, 0.6) is 11.5 Å². The summed E-state index contributed by atoms with van der Waals surface area (Å²) in [5, 5.41) is 20.0. The van der Waals surface area contributed by atoms with Crippen molar-refractivity contribution < 1.29 is 24.3 Å². The first kappa shape index (κ1) is 11.2. The molecule has 0 unspecified atom stereocenters. The van der Waals surface area contributed by atoms with Crippen LogP contribution in [0.1, 0.15) is 24.2 Å². The molecule has 1 aromatic rings. The van der Waals surface area contributed by atoms with Gasteiger partial charge in [0.1, 0.15) is 11.3 Å². The van der Waals surface area contributed by atoms with Crippen molar-refractivity contribution in [1.29, 1.82) is 0 Å². The Morgan fingerprint density at radius 2 is 2.00 bits per heavy atom. The molecule has 7 nitrogen and oxygen atoms in total. The highest BCUT2D eigenvalue weighted by Crippen LogP contribution is 2.38. The van der Waals surface area contributed by atoms with Gasteiger partial charge in [0.2, 0.25) is 5.79 Å². The van der Waals surface area contributed by atoms with Crippen molar-refractivity contribution in [2.45, 2.75) is 19.6 Å². The molecule has 90 valence electrons. The zero-order chi connectivity index (χ0) is 12.8. The molecular weight excluding hydrogens is 230 g/mol. The SMILES string of the molecule is CC1(C)OC(=O)c2cc(O)c([N+](=O)[O-])cc2O1. The van der Waals surface area contributed by atoms with Crippen LogP contribution in [0.4, 0.5) is 5.69 Å². The third kappa shape index (κ3) is 1.86. The number of carbonyl (C=O) groups is 1. The number of nitrogens with zero attached hydrogens (tertiary/aromatic N) is 1. The quantitative estimate of drug-likeness (QED) is 0.453. The molecule has 0 saturated heterocycles. The summed E-state index contributed by atoms with van der Waals surface area (Å²) in [6.45, 7) is 3.01. The molecule has 1 heterocycles. The Hall–Kier alpha value is -2.31. The van der Waals surface area contributed by atoms with E-state index in [4.69, 9.17) is 9.47 Å². The van der Waals surface area contributed by atoms with Crippen molar-refractivity contribution in [3.63, 3.8) is 0 Å². The molecule has 0 bridgehead atoms. The highest BCUT2D eigenvalue weighted by atomic mass is 16.7. The van der Waals surface area contributed by atoms with Crippen molar-refractivity contribution in [3.8, 4) is 11.5 Å². The van der Waals surface area contributed by atoms with Gasteiger partial charge >= 0.3 is 11.7 Å². The van der Waals surface area contributed by atoms with Crippen LogP contribution in [0.2, 0.25) is 0 Å². The van der Waals surface area contributed by atoms with E-state index < -0.39 is 28.1 Å². The fourth-order valence-corrected chi connectivity index (χ4v) is 1.51. The molecule has 2 rings (SSSR count). The van der Waals surface area contributed by atoms with Gasteiger partial charge in [0.05, 0.1) is 11.0 Å². The van der Waals surface area contributed by atoms with E-state index in [1.54, 1.807) is 0 Å². The van der Waals surface area contributed by atoms with E-state index in [-0.39, 0.29) is 11.3 Å². The van der Waals surface area contributed by atoms with Gasteiger partial charge in [-0.3, -0.25) is 10.1 Å². The maximum absolute atomic E-state index is 11.6. The lowest BCUT2D eigenvalue weighted by molar-refractivity contribution is -0.386. The van der Waals surface area contributed by atoms with Gasteiger partial charge in [-0.1, -0.05) is 0 Å². The third-order valence-electron chi connectivity index (χ3n) is 2.19. The lowest BCUT2D eigenvalue weighted by atomic mass is 10.1. The second kappa shape index (κ2) is 3.34. The first-order valence-electron chi connectivity index (χ1n) is 4.74. The number of fused-ring (bicyclic) bond motifs is 1. The van der Waals surface area contributed by atoms with E-state index >= 15 is 0 Å². The predicted octanol–water partition coefficient (Wildman–Crippen LogP) is 1.59. The number of phenols is 1. The topological polar surface area (TPSA) is 98.9 Å². The van der Waals surface area contributed by atoms with Gasteiger partial charge in [-0.2, -0.15) is 0 Å². The summed E-state index contributed by atoms with van der Waals surface area (Å²) in [6.07, 6.45) is 0. The van der Waals surface area contributed by atoms with Crippen LogP contribution in [0.15, 0.2) is 12.1 Å². The number of aromatic hydroxyl groups is 1. The average molecular weight is 239 g/mol. The predicted molar refractivity (Wildman–Crippen MR) is 54.9 cm³/mol. The lowest BCUT2D eigenvalue weighted by Crippen LogP contribution is -2.38. The van der Waals surface area contributed by atoms with Crippen molar-refractivity contribution in [3.05, 3.63) is 27.8 Å². The maximum Gasteiger partial charge on any atom is 0.345 e. The summed E-state index contributed by atoms with van der Waals surface area (Å²) < 4.78 is 10.2. The Bertz CT molecular complexity index is 522. The summed E-state index contributed by atoms with van der Waals surface area (Å²) in [5.74, 6) is -2.46. The molecule has 0 radical (unpaired) electrons. The largest absolute Gasteiger partial charge is 0.502 e. The molecule has 1 aliphatic heterocycles. The smallest absolute Gasteiger partial charge is 0.345 e. The molecule has 0 amide bonds. The fourth-order valence-electron chi connectivity index (χ4n) is 1.51. The van der Waals surface area contributed by atoms with E-state index in [1.807, 2.05) is 0 Å².